The van der Waals surface area contributed by atoms with E-state index >= 15 is 0 Å². The summed E-state index contributed by atoms with van der Waals surface area (Å²) >= 11 is 0. The first-order valence-electron chi connectivity index (χ1n) is 14.9. The Kier molecular flexibility index (Phi) is 13.1. The molecule has 8 nitrogen and oxygen atoms in total. The van der Waals surface area contributed by atoms with Crippen LogP contribution in [-0.4, -0.2) is 36.3 Å². The normalized spacial score (nSPS) is 11.7. The first-order valence-corrected chi connectivity index (χ1v) is 14.9. The van der Waals surface area contributed by atoms with Crippen LogP contribution in [-0.2, 0) is 27.3 Å². The third kappa shape index (κ3) is 12.6. The molecule has 0 unspecified atom stereocenters. The highest BCUT2D eigenvalue weighted by Crippen LogP contribution is 2.19. The average molecular weight is 590 g/mol. The average Bonchev–Trinajstić information content (AvgIpc) is 2.98. The first kappa shape index (κ1) is 33.2. The van der Waals surface area contributed by atoms with Gasteiger partial charge in [-0.05, 0) is 74.7 Å². The quantitative estimate of drug-likeness (QED) is 0.112. The van der Waals surface area contributed by atoms with Gasteiger partial charge in [-0.25, -0.2) is 14.4 Å². The Hall–Kier alpha value is -4.33. The summed E-state index contributed by atoms with van der Waals surface area (Å²) in [6.07, 6.45) is 5.26. The van der Waals surface area contributed by atoms with Gasteiger partial charge in [-0.15, -0.1) is 0 Å². The molecule has 230 valence electrons. The molecule has 0 spiro atoms. The zero-order valence-corrected chi connectivity index (χ0v) is 25.6. The fourth-order valence-electron chi connectivity index (χ4n) is 4.15. The van der Waals surface area contributed by atoms with Gasteiger partial charge >= 0.3 is 18.0 Å². The van der Waals surface area contributed by atoms with E-state index in [0.717, 1.165) is 24.0 Å². The maximum absolute atomic E-state index is 12.9. The monoisotopic (exact) mass is 589 g/mol. The van der Waals surface area contributed by atoms with Gasteiger partial charge in [-0.1, -0.05) is 75.1 Å². The summed E-state index contributed by atoms with van der Waals surface area (Å²) in [5.41, 5.74) is 1.23. The van der Waals surface area contributed by atoms with Gasteiger partial charge in [0.05, 0.1) is 12.2 Å². The molecule has 0 aliphatic rings. The fraction of sp³-hybridized carbons (Fsp3) is 0.400. The van der Waals surface area contributed by atoms with E-state index in [-0.39, 0.29) is 13.0 Å². The van der Waals surface area contributed by atoms with Crippen LogP contribution in [0.1, 0.15) is 81.3 Å². The molecule has 3 rings (SSSR count). The number of carbonyl (C=O) groups is 3. The number of hydrogen-bond acceptors (Lipinski definition) is 7. The Balaban J connectivity index is 1.54. The van der Waals surface area contributed by atoms with Crippen molar-refractivity contribution in [2.75, 3.05) is 6.61 Å². The molecule has 0 saturated carbocycles. The predicted molar refractivity (Wildman–Crippen MR) is 165 cm³/mol. The predicted octanol–water partition coefficient (Wildman–Crippen LogP) is 7.43. The highest BCUT2D eigenvalue weighted by molar-refractivity contribution is 5.91. The summed E-state index contributed by atoms with van der Waals surface area (Å²) in [6, 6.07) is 21.9. The molecule has 0 heterocycles. The van der Waals surface area contributed by atoms with Gasteiger partial charge in [0.1, 0.15) is 29.7 Å². The van der Waals surface area contributed by atoms with E-state index in [2.05, 4.69) is 12.2 Å². The Labute approximate surface area is 254 Å². The van der Waals surface area contributed by atoms with Crippen molar-refractivity contribution in [2.24, 2.45) is 0 Å². The van der Waals surface area contributed by atoms with Crippen molar-refractivity contribution < 1.29 is 33.3 Å². The van der Waals surface area contributed by atoms with Crippen LogP contribution in [0.2, 0.25) is 0 Å². The maximum Gasteiger partial charge on any atom is 0.408 e. The van der Waals surface area contributed by atoms with Crippen molar-refractivity contribution in [3.63, 3.8) is 0 Å². The van der Waals surface area contributed by atoms with Crippen molar-refractivity contribution in [1.82, 2.24) is 5.32 Å². The lowest BCUT2D eigenvalue weighted by molar-refractivity contribution is -0.157. The van der Waals surface area contributed by atoms with E-state index in [1.165, 1.54) is 19.3 Å². The SMILES string of the molecule is CCCCCCCOc1ccc(C(=O)Oc2ccc(C[C@H](NC(=O)OCc3ccccc3)C(=O)OC(C)(C)C)cc2)cc1. The summed E-state index contributed by atoms with van der Waals surface area (Å²) in [7, 11) is 0. The third-order valence-electron chi connectivity index (χ3n) is 6.38. The molecular formula is C35H43NO7. The van der Waals surface area contributed by atoms with Crippen LogP contribution in [0, 0.1) is 0 Å². The lowest BCUT2D eigenvalue weighted by Crippen LogP contribution is -2.45. The number of benzene rings is 3. The van der Waals surface area contributed by atoms with Crippen molar-refractivity contribution in [1.29, 1.82) is 0 Å². The molecule has 0 aliphatic heterocycles. The van der Waals surface area contributed by atoms with E-state index in [1.54, 1.807) is 69.3 Å². The van der Waals surface area contributed by atoms with Crippen LogP contribution in [0.4, 0.5) is 4.79 Å². The summed E-state index contributed by atoms with van der Waals surface area (Å²) in [6.45, 7) is 8.19. The molecule has 0 aliphatic carbocycles. The van der Waals surface area contributed by atoms with Gasteiger partial charge in [-0.2, -0.15) is 0 Å². The highest BCUT2D eigenvalue weighted by Gasteiger charge is 2.27. The van der Waals surface area contributed by atoms with Crippen LogP contribution >= 0.6 is 0 Å². The van der Waals surface area contributed by atoms with Gasteiger partial charge < -0.3 is 24.3 Å². The molecule has 3 aromatic carbocycles. The second kappa shape index (κ2) is 16.9. The van der Waals surface area contributed by atoms with Crippen molar-refractivity contribution in [2.45, 2.75) is 84.5 Å². The molecule has 1 N–H and O–H groups in total. The molecule has 0 bridgehead atoms. The van der Waals surface area contributed by atoms with Crippen LogP contribution in [0.3, 0.4) is 0 Å². The number of nitrogens with one attached hydrogen (secondary N) is 1. The van der Waals surface area contributed by atoms with E-state index in [1.807, 2.05) is 30.3 Å². The molecule has 0 aromatic heterocycles. The number of ether oxygens (including phenoxy) is 4. The molecule has 1 amide bonds. The van der Waals surface area contributed by atoms with Gasteiger partial charge in [-0.3, -0.25) is 0 Å². The number of hydrogen-bond donors (Lipinski definition) is 1. The maximum atomic E-state index is 12.9. The number of rotatable bonds is 15. The smallest absolute Gasteiger partial charge is 0.408 e. The summed E-state index contributed by atoms with van der Waals surface area (Å²) < 4.78 is 22.1. The summed E-state index contributed by atoms with van der Waals surface area (Å²) in [4.78, 5) is 38.1. The molecular weight excluding hydrogens is 546 g/mol. The topological polar surface area (TPSA) is 100 Å². The van der Waals surface area contributed by atoms with E-state index in [4.69, 9.17) is 18.9 Å². The van der Waals surface area contributed by atoms with E-state index in [0.29, 0.717) is 23.7 Å². The van der Waals surface area contributed by atoms with Gasteiger partial charge in [0.15, 0.2) is 0 Å². The van der Waals surface area contributed by atoms with Crippen molar-refractivity contribution in [3.8, 4) is 11.5 Å². The molecule has 43 heavy (non-hydrogen) atoms. The number of esters is 2. The Bertz CT molecular complexity index is 1280. The molecule has 0 saturated heterocycles. The number of amides is 1. The minimum absolute atomic E-state index is 0.0721. The standard InChI is InChI=1S/C35H43NO7/c1-5-6-7-8-12-23-40-29-21-17-28(18-22-29)32(37)42-30-19-15-26(16-20-30)24-31(33(38)43-35(2,3)4)36-34(39)41-25-27-13-10-9-11-14-27/h9-11,13-22,31H,5-8,12,23-25H2,1-4H3,(H,36,39)/t31-/m0/s1. The zero-order valence-electron chi connectivity index (χ0n) is 25.6. The van der Waals surface area contributed by atoms with Gasteiger partial charge in [0, 0.05) is 6.42 Å². The Morgan fingerprint density at radius 3 is 2.07 bits per heavy atom. The number of unbranched alkanes of at least 4 members (excludes halogenated alkanes) is 4. The second-order valence-electron chi connectivity index (χ2n) is 11.3. The minimum Gasteiger partial charge on any atom is -0.494 e. The summed E-state index contributed by atoms with van der Waals surface area (Å²) in [5.74, 6) is -0.00407. The lowest BCUT2D eigenvalue weighted by atomic mass is 10.1. The van der Waals surface area contributed by atoms with Crippen LogP contribution < -0.4 is 14.8 Å². The van der Waals surface area contributed by atoms with Gasteiger partial charge in [0.2, 0.25) is 0 Å². The zero-order chi connectivity index (χ0) is 31.1. The van der Waals surface area contributed by atoms with E-state index in [9.17, 15) is 14.4 Å². The largest absolute Gasteiger partial charge is 0.494 e. The van der Waals surface area contributed by atoms with Gasteiger partial charge in [0.25, 0.3) is 0 Å². The second-order valence-corrected chi connectivity index (χ2v) is 11.3. The number of alkyl carbamates (subject to hydrolysis) is 1. The molecule has 8 heteroatoms. The summed E-state index contributed by atoms with van der Waals surface area (Å²) in [5, 5.41) is 2.62. The minimum atomic E-state index is -0.979. The van der Waals surface area contributed by atoms with Crippen molar-refractivity contribution in [3.05, 3.63) is 95.6 Å². The van der Waals surface area contributed by atoms with Crippen LogP contribution in [0.5, 0.6) is 11.5 Å². The number of carbonyl (C=O) groups excluding carboxylic acids is 3. The first-order chi connectivity index (χ1) is 20.6. The van der Waals surface area contributed by atoms with Crippen LogP contribution in [0.25, 0.3) is 0 Å². The van der Waals surface area contributed by atoms with Crippen LogP contribution in [0.15, 0.2) is 78.9 Å². The Morgan fingerprint density at radius 2 is 1.42 bits per heavy atom. The Morgan fingerprint density at radius 1 is 0.767 bits per heavy atom. The fourth-order valence-corrected chi connectivity index (χ4v) is 4.15. The van der Waals surface area contributed by atoms with Crippen molar-refractivity contribution >= 4 is 18.0 Å². The molecule has 0 radical (unpaired) electrons. The lowest BCUT2D eigenvalue weighted by Gasteiger charge is -2.24. The molecule has 1 atom stereocenters. The molecule has 3 aromatic rings. The third-order valence-corrected chi connectivity index (χ3v) is 6.38. The van der Waals surface area contributed by atoms with E-state index < -0.39 is 29.7 Å². The molecule has 0 fully saturated rings. The highest BCUT2D eigenvalue weighted by atomic mass is 16.6.